The van der Waals surface area contributed by atoms with Crippen LogP contribution in [-0.2, 0) is 11.8 Å². The van der Waals surface area contributed by atoms with E-state index in [0.29, 0.717) is 0 Å². The molecule has 0 N–H and O–H groups in total. The van der Waals surface area contributed by atoms with Gasteiger partial charge < -0.3 is 9.64 Å². The smallest absolute Gasteiger partial charge is 0.270 e. The van der Waals surface area contributed by atoms with Crippen molar-refractivity contribution in [3.63, 3.8) is 0 Å². The molecule has 2 heterocycles. The van der Waals surface area contributed by atoms with Crippen LogP contribution in [0, 0.1) is 10.1 Å². The lowest BCUT2D eigenvalue weighted by atomic mass is 9.76. The Hall–Kier alpha value is -2.82. The van der Waals surface area contributed by atoms with Gasteiger partial charge in [-0.2, -0.15) is 0 Å². The molecule has 0 amide bonds. The summed E-state index contributed by atoms with van der Waals surface area (Å²) in [6, 6.07) is 11.6. The third kappa shape index (κ3) is 2.30. The van der Waals surface area contributed by atoms with Gasteiger partial charge >= 0.3 is 0 Å². The summed E-state index contributed by atoms with van der Waals surface area (Å²) in [6.07, 6.45) is 5.67. The molecule has 2 aliphatic rings. The van der Waals surface area contributed by atoms with E-state index in [9.17, 15) is 10.1 Å². The number of nitrogens with zero attached hydrogens (tertiary/aromatic N) is 2. The number of hydrogen-bond donors (Lipinski definition) is 0. The molecule has 1 spiro atoms. The first-order valence-corrected chi connectivity index (χ1v) is 9.34. The minimum atomic E-state index is -0.664. The number of ether oxygens (including phenoxy) is 1. The predicted molar refractivity (Wildman–Crippen MR) is 107 cm³/mol. The SMILES string of the molecule is CCCc1cc([N+](=O)[O-])cc2c1OC1(C=C2)N(C)c2ccccc2C1(C)C. The molecule has 5 heteroatoms. The first-order valence-electron chi connectivity index (χ1n) is 9.34. The summed E-state index contributed by atoms with van der Waals surface area (Å²) in [6.45, 7) is 6.45. The maximum atomic E-state index is 11.3. The number of fused-ring (bicyclic) bond motifs is 2. The van der Waals surface area contributed by atoms with Crippen LogP contribution < -0.4 is 9.64 Å². The van der Waals surface area contributed by atoms with Crippen molar-refractivity contribution in [2.24, 2.45) is 0 Å². The molecule has 0 aliphatic carbocycles. The zero-order valence-corrected chi connectivity index (χ0v) is 16.2. The highest BCUT2D eigenvalue weighted by Gasteiger charge is 2.57. The van der Waals surface area contributed by atoms with Gasteiger partial charge in [-0.3, -0.25) is 10.1 Å². The topological polar surface area (TPSA) is 55.6 Å². The summed E-state index contributed by atoms with van der Waals surface area (Å²) in [7, 11) is 2.05. The lowest BCUT2D eigenvalue weighted by Crippen LogP contribution is -2.58. The Morgan fingerprint density at radius 3 is 2.63 bits per heavy atom. The molecule has 0 aromatic heterocycles. The van der Waals surface area contributed by atoms with Crippen LogP contribution in [-0.4, -0.2) is 17.7 Å². The average Bonchev–Trinajstić information content (AvgIpc) is 2.81. The van der Waals surface area contributed by atoms with Crippen molar-refractivity contribution in [2.75, 3.05) is 11.9 Å². The Kier molecular flexibility index (Phi) is 3.81. The van der Waals surface area contributed by atoms with E-state index < -0.39 is 5.72 Å². The van der Waals surface area contributed by atoms with Crippen molar-refractivity contribution in [1.29, 1.82) is 0 Å². The van der Waals surface area contributed by atoms with Gasteiger partial charge in [0.1, 0.15) is 5.75 Å². The lowest BCUT2D eigenvalue weighted by Gasteiger charge is -2.46. The fourth-order valence-electron chi connectivity index (χ4n) is 4.50. The van der Waals surface area contributed by atoms with Crippen LogP contribution in [0.5, 0.6) is 5.75 Å². The molecule has 140 valence electrons. The predicted octanol–water partition coefficient (Wildman–Crippen LogP) is 5.08. The van der Waals surface area contributed by atoms with Crippen LogP contribution in [0.4, 0.5) is 11.4 Å². The molecule has 0 saturated carbocycles. The number of nitro groups is 1. The van der Waals surface area contributed by atoms with Crippen molar-refractivity contribution >= 4 is 17.5 Å². The molecule has 0 radical (unpaired) electrons. The monoisotopic (exact) mass is 364 g/mol. The first-order chi connectivity index (χ1) is 12.8. The van der Waals surface area contributed by atoms with Crippen molar-refractivity contribution in [2.45, 2.75) is 44.8 Å². The first kappa shape index (κ1) is 17.6. The van der Waals surface area contributed by atoms with E-state index in [2.05, 4.69) is 49.9 Å². The summed E-state index contributed by atoms with van der Waals surface area (Å²) in [5, 5.41) is 11.3. The van der Waals surface area contributed by atoms with Gasteiger partial charge in [0.25, 0.3) is 5.69 Å². The van der Waals surface area contributed by atoms with Crippen LogP contribution in [0.3, 0.4) is 0 Å². The third-order valence-corrected chi connectivity index (χ3v) is 5.99. The van der Waals surface area contributed by atoms with Gasteiger partial charge in [0, 0.05) is 36.0 Å². The quantitative estimate of drug-likeness (QED) is 0.563. The molecular weight excluding hydrogens is 340 g/mol. The van der Waals surface area contributed by atoms with Gasteiger partial charge in [-0.25, -0.2) is 0 Å². The Morgan fingerprint density at radius 2 is 1.96 bits per heavy atom. The molecule has 2 aromatic rings. The van der Waals surface area contributed by atoms with Crippen molar-refractivity contribution < 1.29 is 9.66 Å². The van der Waals surface area contributed by atoms with E-state index in [0.717, 1.165) is 35.4 Å². The van der Waals surface area contributed by atoms with Gasteiger partial charge in [0.15, 0.2) is 0 Å². The van der Waals surface area contributed by atoms with Crippen LogP contribution >= 0.6 is 0 Å². The number of anilines is 1. The number of likely N-dealkylation sites (N-methyl/N-ethyl adjacent to an activating group) is 1. The van der Waals surface area contributed by atoms with E-state index in [1.165, 1.54) is 5.56 Å². The summed E-state index contributed by atoms with van der Waals surface area (Å²) < 4.78 is 6.73. The minimum Gasteiger partial charge on any atom is -0.462 e. The zero-order chi connectivity index (χ0) is 19.4. The number of rotatable bonds is 3. The van der Waals surface area contributed by atoms with Crippen LogP contribution in [0.15, 0.2) is 42.5 Å². The van der Waals surface area contributed by atoms with Crippen molar-refractivity contribution in [3.8, 4) is 5.75 Å². The highest BCUT2D eigenvalue weighted by molar-refractivity contribution is 5.73. The average molecular weight is 364 g/mol. The van der Waals surface area contributed by atoms with E-state index >= 15 is 0 Å². The van der Waals surface area contributed by atoms with Gasteiger partial charge in [0.05, 0.1) is 10.3 Å². The Morgan fingerprint density at radius 1 is 1.22 bits per heavy atom. The molecule has 4 rings (SSSR count). The van der Waals surface area contributed by atoms with Crippen LogP contribution in [0.1, 0.15) is 43.9 Å². The van der Waals surface area contributed by atoms with Crippen molar-refractivity contribution in [1.82, 2.24) is 0 Å². The molecule has 1 atom stereocenters. The summed E-state index contributed by atoms with van der Waals surface area (Å²) >= 11 is 0. The van der Waals surface area contributed by atoms with E-state index in [-0.39, 0.29) is 16.0 Å². The maximum absolute atomic E-state index is 11.3. The molecule has 27 heavy (non-hydrogen) atoms. The number of non-ortho nitro benzene ring substituents is 1. The summed E-state index contributed by atoms with van der Waals surface area (Å²) in [5.41, 5.74) is 3.22. The zero-order valence-electron chi connectivity index (χ0n) is 16.2. The Balaban J connectivity index is 1.88. The number of para-hydroxylation sites is 1. The molecule has 0 bridgehead atoms. The van der Waals surface area contributed by atoms with E-state index in [1.54, 1.807) is 12.1 Å². The Labute approximate surface area is 159 Å². The second kappa shape index (κ2) is 5.84. The van der Waals surface area contributed by atoms with Crippen molar-refractivity contribution in [3.05, 3.63) is 69.3 Å². The molecule has 2 aromatic carbocycles. The number of aryl methyl sites for hydroxylation is 1. The Bertz CT molecular complexity index is 964. The van der Waals surface area contributed by atoms with Gasteiger partial charge in [0.2, 0.25) is 5.72 Å². The molecule has 1 unspecified atom stereocenters. The van der Waals surface area contributed by atoms with Gasteiger partial charge in [-0.05, 0) is 44.1 Å². The second-order valence-corrected chi connectivity index (χ2v) is 7.86. The van der Waals surface area contributed by atoms with E-state index in [4.69, 9.17) is 4.74 Å². The number of nitro benzene ring substituents is 1. The molecule has 0 saturated heterocycles. The standard InChI is InChI=1S/C22H24N2O3/c1-5-8-15-13-17(24(25)26)14-16-11-12-22(27-20(15)16)21(2,3)18-9-6-7-10-19(18)23(22)4/h6-7,9-14H,5,8H2,1-4H3. The van der Waals surface area contributed by atoms with Gasteiger partial charge in [-0.15, -0.1) is 0 Å². The fraction of sp³-hybridized carbons (Fsp3) is 0.364. The third-order valence-electron chi connectivity index (χ3n) is 5.99. The van der Waals surface area contributed by atoms with E-state index in [1.807, 2.05) is 19.2 Å². The normalized spacial score (nSPS) is 21.7. The van der Waals surface area contributed by atoms with Gasteiger partial charge in [-0.1, -0.05) is 31.5 Å². The number of hydrogen-bond acceptors (Lipinski definition) is 4. The highest BCUT2D eigenvalue weighted by atomic mass is 16.6. The summed E-state index contributed by atoms with van der Waals surface area (Å²) in [4.78, 5) is 13.2. The molecule has 0 fully saturated rings. The molecule has 2 aliphatic heterocycles. The largest absolute Gasteiger partial charge is 0.462 e. The lowest BCUT2D eigenvalue weighted by molar-refractivity contribution is -0.385. The molecular formula is C22H24N2O3. The number of benzene rings is 2. The minimum absolute atomic E-state index is 0.115. The fourth-order valence-corrected chi connectivity index (χ4v) is 4.50. The second-order valence-electron chi connectivity index (χ2n) is 7.86. The summed E-state index contributed by atoms with van der Waals surface area (Å²) in [5.74, 6) is 0.762. The van der Waals surface area contributed by atoms with Crippen LogP contribution in [0.25, 0.3) is 6.08 Å². The maximum Gasteiger partial charge on any atom is 0.270 e. The van der Waals surface area contributed by atoms with Crippen LogP contribution in [0.2, 0.25) is 0 Å². The highest BCUT2D eigenvalue weighted by Crippen LogP contribution is 2.54. The molecule has 5 nitrogen and oxygen atoms in total.